The number of nitrogens with zero attached hydrogens (tertiary/aromatic N) is 5. The van der Waals surface area contributed by atoms with Crippen molar-refractivity contribution in [1.29, 1.82) is 0 Å². The van der Waals surface area contributed by atoms with E-state index in [0.29, 0.717) is 66.3 Å². The maximum absolute atomic E-state index is 14.8. The first kappa shape index (κ1) is 38.6. The highest BCUT2D eigenvalue weighted by Gasteiger charge is 2.41. The summed E-state index contributed by atoms with van der Waals surface area (Å²) in [5, 5.41) is 12.5. The number of benzene rings is 2. The van der Waals surface area contributed by atoms with Crippen LogP contribution in [0.5, 0.6) is 11.5 Å². The molecular formula is C39H40ClF2N5O6S. The quantitative estimate of drug-likeness (QED) is 0.118. The van der Waals surface area contributed by atoms with Crippen LogP contribution in [-0.4, -0.2) is 70.1 Å². The third-order valence-corrected chi connectivity index (χ3v) is 10.3. The number of amidine groups is 1. The van der Waals surface area contributed by atoms with Gasteiger partial charge < -0.3 is 29.1 Å². The summed E-state index contributed by atoms with van der Waals surface area (Å²) in [6, 6.07) is 10.1. The smallest absolute Gasteiger partial charge is 0.344 e. The molecule has 2 aliphatic heterocycles. The number of piperidine rings is 1. The lowest BCUT2D eigenvalue weighted by Crippen LogP contribution is -2.44. The molecular weight excluding hydrogens is 740 g/mol. The molecule has 2 aliphatic rings. The first-order valence-electron chi connectivity index (χ1n) is 17.4. The SMILES string of the molecule is CCN1C(c2nccs2)=NC(c2ccc(F)c(F)c2Cl)C(C(=O)O)=C1C1CCN(c2cc(OCc3ccc(OC)cc3)c(C(=O)OC(C)(C)C)cn2)CC1. The van der Waals surface area contributed by atoms with Crippen LogP contribution in [0.3, 0.4) is 0 Å². The number of pyridine rings is 1. The number of ether oxygens (including phenoxy) is 3. The molecule has 1 atom stereocenters. The lowest BCUT2D eigenvalue weighted by atomic mass is 9.84. The number of hydrogen-bond donors (Lipinski definition) is 1. The molecule has 15 heteroatoms. The molecule has 6 rings (SSSR count). The van der Waals surface area contributed by atoms with Gasteiger partial charge in [0.2, 0.25) is 0 Å². The number of allylic oxidation sites excluding steroid dienone is 1. The number of aliphatic carboxylic acids is 1. The van der Waals surface area contributed by atoms with Crippen LogP contribution in [0.4, 0.5) is 14.6 Å². The number of thiazole rings is 1. The molecule has 54 heavy (non-hydrogen) atoms. The Kier molecular flexibility index (Phi) is 11.5. The number of carbonyl (C=O) groups is 2. The highest BCUT2D eigenvalue weighted by Crippen LogP contribution is 2.44. The van der Waals surface area contributed by atoms with Crippen LogP contribution in [0.25, 0.3) is 0 Å². The van der Waals surface area contributed by atoms with Crippen molar-refractivity contribution >= 4 is 46.5 Å². The number of carboxylic acids is 1. The Morgan fingerprint density at radius 1 is 1.07 bits per heavy atom. The Balaban J connectivity index is 1.32. The topological polar surface area (TPSA) is 127 Å². The van der Waals surface area contributed by atoms with Crippen molar-refractivity contribution in [3.8, 4) is 11.5 Å². The number of carboxylic acid groups (broad SMARTS) is 1. The first-order valence-corrected chi connectivity index (χ1v) is 18.6. The van der Waals surface area contributed by atoms with Crippen molar-refractivity contribution in [2.24, 2.45) is 10.9 Å². The molecule has 0 spiro atoms. The van der Waals surface area contributed by atoms with E-state index in [9.17, 15) is 23.5 Å². The summed E-state index contributed by atoms with van der Waals surface area (Å²) in [6.07, 6.45) is 4.12. The Hall–Kier alpha value is -5.08. The predicted octanol–water partition coefficient (Wildman–Crippen LogP) is 8.09. The van der Waals surface area contributed by atoms with Crippen LogP contribution in [0.2, 0.25) is 5.02 Å². The molecule has 0 saturated carbocycles. The van der Waals surface area contributed by atoms with Crippen LogP contribution in [0, 0.1) is 17.6 Å². The minimum atomic E-state index is -1.27. The van der Waals surface area contributed by atoms with E-state index in [2.05, 4.69) is 14.9 Å². The van der Waals surface area contributed by atoms with Gasteiger partial charge in [-0.2, -0.15) is 0 Å². The zero-order chi connectivity index (χ0) is 38.7. The summed E-state index contributed by atoms with van der Waals surface area (Å²) in [4.78, 5) is 44.2. The lowest BCUT2D eigenvalue weighted by Gasteiger charge is -2.41. The standard InChI is InChI=1S/C39H40ClF2N5O6S/c1-6-47-34(30(37(48)49)33(45-35(47)36-43-15-18-54-36)25-11-12-27(41)32(42)31(25)40)23-13-16-46(17-14-23)29-19-28(26(20-44-29)38(50)53-39(2,3)4)52-21-22-7-9-24(51-5)10-8-22/h7-12,15,18-20,23,33H,6,13-14,16-17,21H2,1-5H3,(H,48,49). The monoisotopic (exact) mass is 779 g/mol. The second kappa shape index (κ2) is 16.1. The molecule has 0 bridgehead atoms. The van der Waals surface area contributed by atoms with Gasteiger partial charge in [-0.15, -0.1) is 11.3 Å². The highest BCUT2D eigenvalue weighted by atomic mass is 35.5. The molecule has 4 aromatic rings. The average molecular weight is 780 g/mol. The van der Waals surface area contributed by atoms with Crippen LogP contribution in [-0.2, 0) is 16.1 Å². The van der Waals surface area contributed by atoms with Crippen molar-refractivity contribution in [1.82, 2.24) is 14.9 Å². The van der Waals surface area contributed by atoms with E-state index in [-0.39, 0.29) is 29.2 Å². The zero-order valence-electron chi connectivity index (χ0n) is 30.4. The number of hydrogen-bond acceptors (Lipinski definition) is 11. The van der Waals surface area contributed by atoms with Gasteiger partial charge >= 0.3 is 11.9 Å². The van der Waals surface area contributed by atoms with Gasteiger partial charge in [0.15, 0.2) is 22.5 Å². The number of aromatic nitrogens is 2. The van der Waals surface area contributed by atoms with Gasteiger partial charge in [0, 0.05) is 60.7 Å². The van der Waals surface area contributed by atoms with E-state index in [4.69, 9.17) is 30.8 Å². The number of halogens is 3. The van der Waals surface area contributed by atoms with Crippen molar-refractivity contribution in [2.45, 2.75) is 58.8 Å². The van der Waals surface area contributed by atoms with Gasteiger partial charge in [-0.25, -0.2) is 28.3 Å². The third-order valence-electron chi connectivity index (χ3n) is 9.11. The third kappa shape index (κ3) is 8.19. The Bertz CT molecular complexity index is 2080. The van der Waals surface area contributed by atoms with Crippen LogP contribution >= 0.6 is 22.9 Å². The minimum Gasteiger partial charge on any atom is -0.497 e. The fraction of sp³-hybridized carbons (Fsp3) is 0.359. The molecule has 11 nitrogen and oxygen atoms in total. The summed E-state index contributed by atoms with van der Waals surface area (Å²) >= 11 is 7.66. The van der Waals surface area contributed by atoms with E-state index >= 15 is 0 Å². The summed E-state index contributed by atoms with van der Waals surface area (Å²) in [6.45, 7) is 8.77. The average Bonchev–Trinajstić information content (AvgIpc) is 3.70. The normalized spacial score (nSPS) is 16.7. The summed E-state index contributed by atoms with van der Waals surface area (Å²) in [7, 11) is 1.59. The van der Waals surface area contributed by atoms with E-state index < -0.39 is 40.2 Å². The summed E-state index contributed by atoms with van der Waals surface area (Å²) in [5.74, 6) is -2.47. The van der Waals surface area contributed by atoms with E-state index in [1.54, 1.807) is 45.5 Å². The van der Waals surface area contributed by atoms with E-state index in [0.717, 1.165) is 11.6 Å². The van der Waals surface area contributed by atoms with Crippen molar-refractivity contribution in [3.05, 3.63) is 110 Å². The summed E-state index contributed by atoms with van der Waals surface area (Å²) < 4.78 is 46.1. The molecule has 284 valence electrons. The fourth-order valence-electron chi connectivity index (χ4n) is 6.59. The van der Waals surface area contributed by atoms with Gasteiger partial charge in [0.05, 0.1) is 17.7 Å². The van der Waals surface area contributed by atoms with Crippen LogP contribution in [0.15, 0.2) is 76.5 Å². The van der Waals surface area contributed by atoms with Crippen LogP contribution in [0.1, 0.15) is 73.1 Å². The zero-order valence-corrected chi connectivity index (χ0v) is 32.0. The first-order chi connectivity index (χ1) is 25.8. The second-order valence-electron chi connectivity index (χ2n) is 13.7. The molecule has 2 aromatic heterocycles. The van der Waals surface area contributed by atoms with Gasteiger partial charge in [0.1, 0.15) is 41.1 Å². The number of aliphatic imine (C=N–C) groups is 1. The number of methoxy groups -OCH3 is 1. The van der Waals surface area contributed by atoms with Crippen molar-refractivity contribution in [2.75, 3.05) is 31.6 Å². The molecule has 2 aromatic carbocycles. The van der Waals surface area contributed by atoms with Crippen LogP contribution < -0.4 is 14.4 Å². The van der Waals surface area contributed by atoms with Gasteiger partial charge in [0.25, 0.3) is 0 Å². The van der Waals surface area contributed by atoms with E-state index in [1.807, 2.05) is 36.1 Å². The number of carbonyl (C=O) groups excluding carboxylic acids is 1. The fourth-order valence-corrected chi connectivity index (χ4v) is 7.49. The molecule has 0 amide bonds. The lowest BCUT2D eigenvalue weighted by molar-refractivity contribution is -0.133. The Morgan fingerprint density at radius 2 is 1.80 bits per heavy atom. The predicted molar refractivity (Wildman–Crippen MR) is 201 cm³/mol. The molecule has 4 heterocycles. The van der Waals surface area contributed by atoms with Crippen molar-refractivity contribution < 1.29 is 37.7 Å². The highest BCUT2D eigenvalue weighted by molar-refractivity contribution is 7.11. The maximum Gasteiger partial charge on any atom is 0.344 e. The van der Waals surface area contributed by atoms with E-state index in [1.165, 1.54) is 23.6 Å². The van der Waals surface area contributed by atoms with Gasteiger partial charge in [-0.1, -0.05) is 29.8 Å². The Labute approximate surface area is 320 Å². The number of esters is 1. The minimum absolute atomic E-state index is 0.0455. The molecule has 0 radical (unpaired) electrons. The second-order valence-corrected chi connectivity index (χ2v) is 15.0. The molecule has 1 saturated heterocycles. The maximum atomic E-state index is 14.8. The molecule has 1 unspecified atom stereocenters. The number of anilines is 1. The molecule has 1 fully saturated rings. The van der Waals surface area contributed by atoms with Crippen molar-refractivity contribution in [3.63, 3.8) is 0 Å². The Morgan fingerprint density at radius 3 is 2.41 bits per heavy atom. The largest absolute Gasteiger partial charge is 0.497 e. The molecule has 0 aliphatic carbocycles. The molecule has 1 N–H and O–H groups in total. The summed E-state index contributed by atoms with van der Waals surface area (Å²) in [5.41, 5.74) is 0.822. The van der Waals surface area contributed by atoms with Gasteiger partial charge in [-0.05, 0) is 64.3 Å². The van der Waals surface area contributed by atoms with Gasteiger partial charge in [-0.3, -0.25) is 4.99 Å². The number of rotatable bonds is 11.